The Balaban J connectivity index is 1.11. The maximum atomic E-state index is 4.72. The van der Waals surface area contributed by atoms with Crippen LogP contribution >= 0.6 is 0 Å². The van der Waals surface area contributed by atoms with E-state index < -0.39 is 0 Å². The van der Waals surface area contributed by atoms with Crippen molar-refractivity contribution in [3.8, 4) is 33.5 Å². The highest BCUT2D eigenvalue weighted by molar-refractivity contribution is 5.85. The van der Waals surface area contributed by atoms with Crippen LogP contribution in [0.1, 0.15) is 30.4 Å². The van der Waals surface area contributed by atoms with E-state index in [-0.39, 0.29) is 0 Å². The van der Waals surface area contributed by atoms with Crippen LogP contribution < -0.4 is 0 Å². The number of aromatic nitrogens is 1. The van der Waals surface area contributed by atoms with E-state index in [1.807, 2.05) is 6.20 Å². The lowest BCUT2D eigenvalue weighted by Gasteiger charge is -2.09. The average Bonchev–Trinajstić information content (AvgIpc) is 3.01. The van der Waals surface area contributed by atoms with Gasteiger partial charge in [0, 0.05) is 17.1 Å². The first-order valence-electron chi connectivity index (χ1n) is 14.0. The third-order valence-corrected chi connectivity index (χ3v) is 7.54. The van der Waals surface area contributed by atoms with Gasteiger partial charge in [-0.3, -0.25) is 4.98 Å². The summed E-state index contributed by atoms with van der Waals surface area (Å²) in [7, 11) is 0. The Labute approximate surface area is 231 Å². The summed E-state index contributed by atoms with van der Waals surface area (Å²) < 4.78 is 0. The summed E-state index contributed by atoms with van der Waals surface area (Å²) in [5.74, 6) is 0. The van der Waals surface area contributed by atoms with E-state index in [9.17, 15) is 0 Å². The first-order valence-corrected chi connectivity index (χ1v) is 14.0. The van der Waals surface area contributed by atoms with Crippen LogP contribution in [0.2, 0.25) is 0 Å². The topological polar surface area (TPSA) is 12.9 Å². The van der Waals surface area contributed by atoms with Crippen molar-refractivity contribution in [3.05, 3.63) is 151 Å². The smallest absolute Gasteiger partial charge is 0.0708 e. The van der Waals surface area contributed by atoms with Crippen LogP contribution in [0, 0.1) is 0 Å². The summed E-state index contributed by atoms with van der Waals surface area (Å²) in [6.07, 6.45) is 8.03. The summed E-state index contributed by atoms with van der Waals surface area (Å²) in [6, 6.07) is 48.1. The van der Waals surface area contributed by atoms with Gasteiger partial charge >= 0.3 is 0 Å². The Hall–Kier alpha value is -4.49. The van der Waals surface area contributed by atoms with Crippen LogP contribution in [-0.2, 0) is 12.8 Å². The van der Waals surface area contributed by atoms with Gasteiger partial charge in [-0.05, 0) is 76.6 Å². The van der Waals surface area contributed by atoms with Gasteiger partial charge in [-0.2, -0.15) is 0 Å². The molecule has 0 aliphatic heterocycles. The fraction of sp³-hybridized carbons (Fsp3) is 0.132. The van der Waals surface area contributed by atoms with Crippen LogP contribution in [0.4, 0.5) is 0 Å². The number of nitrogens with zero attached hydrogens (tertiary/aromatic N) is 1. The van der Waals surface area contributed by atoms with Gasteiger partial charge in [0.1, 0.15) is 0 Å². The maximum absolute atomic E-state index is 4.72. The molecule has 0 saturated heterocycles. The molecule has 0 unspecified atom stereocenters. The molecule has 0 saturated carbocycles. The first-order chi connectivity index (χ1) is 19.3. The quantitative estimate of drug-likeness (QED) is 0.179. The first kappa shape index (κ1) is 24.8. The van der Waals surface area contributed by atoms with Crippen molar-refractivity contribution in [2.24, 2.45) is 0 Å². The normalized spacial score (nSPS) is 11.1. The zero-order chi connectivity index (χ0) is 26.3. The number of rotatable bonds is 9. The molecule has 6 aromatic rings. The third kappa shape index (κ3) is 6.16. The molecule has 0 aliphatic carbocycles. The molecule has 1 heterocycles. The predicted molar refractivity (Wildman–Crippen MR) is 166 cm³/mol. The number of hydrogen-bond donors (Lipinski definition) is 0. The van der Waals surface area contributed by atoms with E-state index in [1.54, 1.807) is 0 Å². The fourth-order valence-corrected chi connectivity index (χ4v) is 5.34. The van der Waals surface area contributed by atoms with Gasteiger partial charge in [0.15, 0.2) is 0 Å². The predicted octanol–water partition coefficient (Wildman–Crippen LogP) is 10.2. The molecular formula is C38H33N. The lowest BCUT2D eigenvalue weighted by molar-refractivity contribution is 0.678. The molecule has 0 bridgehead atoms. The molecule has 0 amide bonds. The van der Waals surface area contributed by atoms with Gasteiger partial charge in [0.2, 0.25) is 0 Å². The van der Waals surface area contributed by atoms with Crippen molar-refractivity contribution in [3.63, 3.8) is 0 Å². The van der Waals surface area contributed by atoms with Crippen molar-refractivity contribution in [2.45, 2.75) is 32.1 Å². The molecule has 0 aliphatic rings. The van der Waals surface area contributed by atoms with Crippen molar-refractivity contribution in [2.75, 3.05) is 0 Å². The van der Waals surface area contributed by atoms with Gasteiger partial charge < -0.3 is 0 Å². The molecule has 0 spiro atoms. The Morgan fingerprint density at radius 3 is 1.74 bits per heavy atom. The van der Waals surface area contributed by atoms with E-state index in [0.717, 1.165) is 17.7 Å². The third-order valence-electron chi connectivity index (χ3n) is 7.54. The Morgan fingerprint density at radius 1 is 0.385 bits per heavy atom. The van der Waals surface area contributed by atoms with Crippen LogP contribution in [0.3, 0.4) is 0 Å². The zero-order valence-corrected chi connectivity index (χ0v) is 22.3. The molecule has 1 heteroatoms. The summed E-state index contributed by atoms with van der Waals surface area (Å²) >= 11 is 0. The lowest BCUT2D eigenvalue weighted by atomic mass is 9.96. The minimum atomic E-state index is 1.00. The van der Waals surface area contributed by atoms with Crippen LogP contribution in [-0.4, -0.2) is 4.98 Å². The number of benzene rings is 5. The average molecular weight is 504 g/mol. The van der Waals surface area contributed by atoms with E-state index in [0.29, 0.717) is 0 Å². The molecule has 0 fully saturated rings. The molecule has 0 radical (unpaired) electrons. The van der Waals surface area contributed by atoms with Gasteiger partial charge in [-0.1, -0.05) is 128 Å². The second kappa shape index (κ2) is 11.9. The summed E-state index contributed by atoms with van der Waals surface area (Å²) in [6.45, 7) is 0. The summed E-state index contributed by atoms with van der Waals surface area (Å²) in [4.78, 5) is 4.72. The van der Waals surface area contributed by atoms with E-state index in [2.05, 4.69) is 133 Å². The number of pyridine rings is 1. The number of unbranched alkanes of at least 4 members (excludes halogenated alkanes) is 2. The molecule has 1 aromatic heterocycles. The number of fused-ring (bicyclic) bond motifs is 1. The minimum absolute atomic E-state index is 1.00. The standard InChI is InChI=1S/C38H33N/c1-3-11-29(12-4-1)13-5-2-6-14-30-15-9-18-33(25-30)31-21-23-32(24-22-31)34-19-10-20-36(26-34)38-27-35-16-7-8-17-37(35)28-39-38/h1,3-4,7-12,15-28H,2,5-6,13-14H2. The summed E-state index contributed by atoms with van der Waals surface area (Å²) in [5, 5.41) is 2.38. The van der Waals surface area contributed by atoms with Gasteiger partial charge in [-0.25, -0.2) is 0 Å². The number of hydrogen-bond acceptors (Lipinski definition) is 1. The summed E-state index contributed by atoms with van der Waals surface area (Å²) in [5.41, 5.74) is 9.98. The van der Waals surface area contributed by atoms with E-state index in [4.69, 9.17) is 4.98 Å². The van der Waals surface area contributed by atoms with E-state index >= 15 is 0 Å². The molecule has 1 nitrogen and oxygen atoms in total. The second-order valence-electron chi connectivity index (χ2n) is 10.3. The highest BCUT2D eigenvalue weighted by atomic mass is 14.7. The minimum Gasteiger partial charge on any atom is -0.256 e. The van der Waals surface area contributed by atoms with Crippen molar-refractivity contribution < 1.29 is 0 Å². The Bertz CT molecular complexity index is 1670. The highest BCUT2D eigenvalue weighted by Gasteiger charge is 2.06. The lowest BCUT2D eigenvalue weighted by Crippen LogP contribution is -1.90. The Kier molecular flexibility index (Phi) is 7.59. The van der Waals surface area contributed by atoms with Crippen molar-refractivity contribution in [1.29, 1.82) is 0 Å². The van der Waals surface area contributed by atoms with Gasteiger partial charge in [-0.15, -0.1) is 0 Å². The van der Waals surface area contributed by atoms with Crippen molar-refractivity contribution in [1.82, 2.24) is 4.98 Å². The molecule has 190 valence electrons. The van der Waals surface area contributed by atoms with Crippen molar-refractivity contribution >= 4 is 10.8 Å². The van der Waals surface area contributed by atoms with Crippen LogP contribution in [0.5, 0.6) is 0 Å². The fourth-order valence-electron chi connectivity index (χ4n) is 5.34. The molecule has 0 atom stereocenters. The second-order valence-corrected chi connectivity index (χ2v) is 10.3. The Morgan fingerprint density at radius 2 is 0.974 bits per heavy atom. The van der Waals surface area contributed by atoms with Crippen LogP contribution in [0.15, 0.2) is 140 Å². The maximum Gasteiger partial charge on any atom is 0.0708 e. The number of aryl methyl sites for hydroxylation is 2. The largest absolute Gasteiger partial charge is 0.256 e. The molecule has 39 heavy (non-hydrogen) atoms. The molecule has 5 aromatic carbocycles. The zero-order valence-electron chi connectivity index (χ0n) is 22.3. The van der Waals surface area contributed by atoms with Gasteiger partial charge in [0.05, 0.1) is 5.69 Å². The SMILES string of the molecule is c1ccc(CCCCCc2cccc(-c3ccc(-c4cccc(-c5cc6ccccc6cn5)c4)cc3)c2)cc1. The van der Waals surface area contributed by atoms with E-state index in [1.165, 1.54) is 69.8 Å². The monoisotopic (exact) mass is 503 g/mol. The van der Waals surface area contributed by atoms with Gasteiger partial charge in [0.25, 0.3) is 0 Å². The molecular weight excluding hydrogens is 470 g/mol. The van der Waals surface area contributed by atoms with Crippen LogP contribution in [0.25, 0.3) is 44.3 Å². The molecule has 0 N–H and O–H groups in total. The highest BCUT2D eigenvalue weighted by Crippen LogP contribution is 2.29. The molecule has 6 rings (SSSR count).